The van der Waals surface area contributed by atoms with Crippen molar-refractivity contribution in [3.05, 3.63) is 65.5 Å². The van der Waals surface area contributed by atoms with Gasteiger partial charge in [0.2, 0.25) is 0 Å². The molecule has 0 saturated carbocycles. The molecule has 2 aromatic rings. The number of allylic oxidation sites excluding steroid dienone is 2. The van der Waals surface area contributed by atoms with Gasteiger partial charge in [-0.25, -0.2) is 4.39 Å². The van der Waals surface area contributed by atoms with E-state index in [0.29, 0.717) is 5.56 Å². The van der Waals surface area contributed by atoms with Gasteiger partial charge in [0, 0.05) is 5.56 Å². The second kappa shape index (κ2) is 6.51. The third-order valence-corrected chi connectivity index (χ3v) is 3.65. The standard InChI is InChI=1S/C19H21F/c1-4-6-15-7-9-16(10-8-15)17-11-12-18(14(3)5-2)19(20)13-17/h5,7-13H,4,6H2,1-3H3. The lowest BCUT2D eigenvalue weighted by Gasteiger charge is -2.08. The van der Waals surface area contributed by atoms with E-state index in [1.165, 1.54) is 5.56 Å². The van der Waals surface area contributed by atoms with Gasteiger partial charge in [0.1, 0.15) is 5.82 Å². The van der Waals surface area contributed by atoms with Crippen molar-refractivity contribution < 1.29 is 4.39 Å². The summed E-state index contributed by atoms with van der Waals surface area (Å²) in [7, 11) is 0. The van der Waals surface area contributed by atoms with Gasteiger partial charge in [0.05, 0.1) is 0 Å². The number of benzene rings is 2. The topological polar surface area (TPSA) is 0 Å². The minimum atomic E-state index is -0.157. The SMILES string of the molecule is CC=C(C)c1ccc(-c2ccc(CCC)cc2)cc1F. The quantitative estimate of drug-likeness (QED) is 0.650. The smallest absolute Gasteiger partial charge is 0.131 e. The Bertz CT molecular complexity index is 606. The second-order valence-electron chi connectivity index (χ2n) is 5.11. The molecule has 0 atom stereocenters. The van der Waals surface area contributed by atoms with E-state index in [1.807, 2.05) is 32.1 Å². The van der Waals surface area contributed by atoms with Crippen LogP contribution in [0.3, 0.4) is 0 Å². The van der Waals surface area contributed by atoms with Crippen LogP contribution in [0.4, 0.5) is 4.39 Å². The molecule has 0 aliphatic carbocycles. The van der Waals surface area contributed by atoms with Gasteiger partial charge in [-0.2, -0.15) is 0 Å². The summed E-state index contributed by atoms with van der Waals surface area (Å²) in [5.74, 6) is -0.157. The Morgan fingerprint density at radius 1 is 1.05 bits per heavy atom. The summed E-state index contributed by atoms with van der Waals surface area (Å²) >= 11 is 0. The molecular formula is C19H21F. The molecule has 0 spiro atoms. The maximum atomic E-state index is 14.1. The Morgan fingerprint density at radius 2 is 1.70 bits per heavy atom. The zero-order valence-electron chi connectivity index (χ0n) is 12.4. The molecule has 2 aromatic carbocycles. The van der Waals surface area contributed by atoms with E-state index >= 15 is 0 Å². The van der Waals surface area contributed by atoms with Crippen LogP contribution in [0.15, 0.2) is 48.5 Å². The lowest BCUT2D eigenvalue weighted by atomic mass is 9.99. The van der Waals surface area contributed by atoms with E-state index in [2.05, 4.69) is 31.2 Å². The molecular weight excluding hydrogens is 247 g/mol. The molecule has 0 nitrogen and oxygen atoms in total. The highest BCUT2D eigenvalue weighted by atomic mass is 19.1. The molecule has 0 aliphatic heterocycles. The first kappa shape index (κ1) is 14.5. The Morgan fingerprint density at radius 3 is 2.25 bits per heavy atom. The fourth-order valence-electron chi connectivity index (χ4n) is 2.32. The Labute approximate surface area is 121 Å². The molecule has 20 heavy (non-hydrogen) atoms. The summed E-state index contributed by atoms with van der Waals surface area (Å²) in [6.07, 6.45) is 4.16. The zero-order chi connectivity index (χ0) is 14.5. The van der Waals surface area contributed by atoms with Crippen molar-refractivity contribution in [3.63, 3.8) is 0 Å². The maximum Gasteiger partial charge on any atom is 0.131 e. The van der Waals surface area contributed by atoms with Crippen LogP contribution < -0.4 is 0 Å². The summed E-state index contributed by atoms with van der Waals surface area (Å²) in [5, 5.41) is 0. The van der Waals surface area contributed by atoms with E-state index in [1.54, 1.807) is 6.07 Å². The summed E-state index contributed by atoms with van der Waals surface area (Å²) in [6, 6.07) is 13.9. The van der Waals surface area contributed by atoms with Crippen LogP contribution in [-0.4, -0.2) is 0 Å². The number of hydrogen-bond donors (Lipinski definition) is 0. The van der Waals surface area contributed by atoms with Gasteiger partial charge < -0.3 is 0 Å². The van der Waals surface area contributed by atoms with Gasteiger partial charge in [-0.05, 0) is 48.6 Å². The first-order valence-corrected chi connectivity index (χ1v) is 7.18. The predicted octanol–water partition coefficient (Wildman–Crippen LogP) is 5.87. The minimum absolute atomic E-state index is 0.157. The largest absolute Gasteiger partial charge is 0.206 e. The normalized spacial score (nSPS) is 11.7. The third kappa shape index (κ3) is 3.16. The minimum Gasteiger partial charge on any atom is -0.206 e. The van der Waals surface area contributed by atoms with Crippen LogP contribution in [0.25, 0.3) is 16.7 Å². The van der Waals surface area contributed by atoms with Crippen molar-refractivity contribution in [2.75, 3.05) is 0 Å². The molecule has 0 heterocycles. The maximum absolute atomic E-state index is 14.1. The lowest BCUT2D eigenvalue weighted by molar-refractivity contribution is 0.624. The fraction of sp³-hybridized carbons (Fsp3) is 0.263. The van der Waals surface area contributed by atoms with Crippen molar-refractivity contribution in [2.45, 2.75) is 33.6 Å². The lowest BCUT2D eigenvalue weighted by Crippen LogP contribution is -1.89. The monoisotopic (exact) mass is 268 g/mol. The van der Waals surface area contributed by atoms with Crippen LogP contribution in [-0.2, 0) is 6.42 Å². The Balaban J connectivity index is 2.31. The van der Waals surface area contributed by atoms with Crippen LogP contribution in [0.5, 0.6) is 0 Å². The summed E-state index contributed by atoms with van der Waals surface area (Å²) < 4.78 is 14.1. The Kier molecular flexibility index (Phi) is 4.73. The predicted molar refractivity (Wildman–Crippen MR) is 85.2 cm³/mol. The molecule has 0 bridgehead atoms. The number of hydrogen-bond acceptors (Lipinski definition) is 0. The molecule has 2 rings (SSSR count). The summed E-state index contributed by atoms with van der Waals surface area (Å²) in [6.45, 7) is 6.03. The molecule has 0 aromatic heterocycles. The van der Waals surface area contributed by atoms with Crippen molar-refractivity contribution >= 4 is 5.57 Å². The first-order valence-electron chi connectivity index (χ1n) is 7.18. The zero-order valence-corrected chi connectivity index (χ0v) is 12.4. The fourth-order valence-corrected chi connectivity index (χ4v) is 2.32. The van der Waals surface area contributed by atoms with E-state index in [-0.39, 0.29) is 5.82 Å². The average Bonchev–Trinajstić information content (AvgIpc) is 2.47. The van der Waals surface area contributed by atoms with Crippen LogP contribution in [0.2, 0.25) is 0 Å². The van der Waals surface area contributed by atoms with Crippen molar-refractivity contribution in [3.8, 4) is 11.1 Å². The Hall–Kier alpha value is -1.89. The number of halogens is 1. The van der Waals surface area contributed by atoms with Gasteiger partial charge in [-0.1, -0.05) is 55.8 Å². The van der Waals surface area contributed by atoms with Gasteiger partial charge in [0.15, 0.2) is 0 Å². The van der Waals surface area contributed by atoms with Gasteiger partial charge in [-0.3, -0.25) is 0 Å². The molecule has 0 saturated heterocycles. The van der Waals surface area contributed by atoms with Crippen LogP contribution in [0, 0.1) is 5.82 Å². The molecule has 1 heteroatoms. The van der Waals surface area contributed by atoms with Crippen LogP contribution in [0.1, 0.15) is 38.3 Å². The highest BCUT2D eigenvalue weighted by molar-refractivity contribution is 5.70. The van der Waals surface area contributed by atoms with Gasteiger partial charge in [-0.15, -0.1) is 0 Å². The molecule has 0 aliphatic rings. The van der Waals surface area contributed by atoms with E-state index in [4.69, 9.17) is 0 Å². The first-order chi connectivity index (χ1) is 9.65. The second-order valence-corrected chi connectivity index (χ2v) is 5.11. The van der Waals surface area contributed by atoms with Gasteiger partial charge in [0.25, 0.3) is 0 Å². The molecule has 0 N–H and O–H groups in total. The molecule has 0 unspecified atom stereocenters. The third-order valence-electron chi connectivity index (χ3n) is 3.65. The summed E-state index contributed by atoms with van der Waals surface area (Å²) in [4.78, 5) is 0. The van der Waals surface area contributed by atoms with E-state index < -0.39 is 0 Å². The molecule has 0 radical (unpaired) electrons. The number of rotatable bonds is 4. The van der Waals surface area contributed by atoms with Crippen LogP contribution >= 0.6 is 0 Å². The van der Waals surface area contributed by atoms with Gasteiger partial charge >= 0.3 is 0 Å². The number of aryl methyl sites for hydroxylation is 1. The highest BCUT2D eigenvalue weighted by Crippen LogP contribution is 2.25. The molecule has 0 amide bonds. The summed E-state index contributed by atoms with van der Waals surface area (Å²) in [5.41, 5.74) is 4.97. The van der Waals surface area contributed by atoms with Crippen molar-refractivity contribution in [1.82, 2.24) is 0 Å². The molecule has 0 fully saturated rings. The average molecular weight is 268 g/mol. The van der Waals surface area contributed by atoms with E-state index in [9.17, 15) is 4.39 Å². The van der Waals surface area contributed by atoms with Crippen molar-refractivity contribution in [1.29, 1.82) is 0 Å². The van der Waals surface area contributed by atoms with Crippen molar-refractivity contribution in [2.24, 2.45) is 0 Å². The highest BCUT2D eigenvalue weighted by Gasteiger charge is 2.06. The molecule has 104 valence electrons. The van der Waals surface area contributed by atoms with E-state index in [0.717, 1.165) is 29.5 Å².